The number of carbonyl (C=O) groups is 2. The molecule has 0 aromatic heterocycles. The molecule has 4 bridgehead atoms. The van der Waals surface area contributed by atoms with Gasteiger partial charge in [0.05, 0.1) is 5.41 Å². The van der Waals surface area contributed by atoms with E-state index in [1.165, 1.54) is 19.8 Å². The maximum absolute atomic E-state index is 12.8. The predicted octanol–water partition coefficient (Wildman–Crippen LogP) is 3.41. The first-order valence-corrected chi connectivity index (χ1v) is 8.23. The number of amides is 2. The van der Waals surface area contributed by atoms with Crippen LogP contribution in [0.4, 0.5) is 11.4 Å². The zero-order valence-corrected chi connectivity index (χ0v) is 12.9. The Morgan fingerprint density at radius 3 is 2.00 bits per heavy atom. The summed E-state index contributed by atoms with van der Waals surface area (Å²) in [4.78, 5) is 23.8. The minimum absolute atomic E-state index is 0.0888. The van der Waals surface area contributed by atoms with Crippen molar-refractivity contribution >= 4 is 23.2 Å². The van der Waals surface area contributed by atoms with E-state index in [1.54, 1.807) is 0 Å². The number of carbonyl (C=O) groups excluding carboxylic acids is 2. The van der Waals surface area contributed by atoms with Crippen molar-refractivity contribution in [3.63, 3.8) is 0 Å². The first-order chi connectivity index (χ1) is 10.5. The third kappa shape index (κ3) is 2.21. The van der Waals surface area contributed by atoms with Crippen LogP contribution in [-0.2, 0) is 9.59 Å². The van der Waals surface area contributed by atoms with Crippen LogP contribution in [0, 0.1) is 23.2 Å². The highest BCUT2D eigenvalue weighted by Crippen LogP contribution is 2.64. The summed E-state index contributed by atoms with van der Waals surface area (Å²) < 4.78 is 0. The lowest BCUT2D eigenvalue weighted by Gasteiger charge is -2.36. The summed E-state index contributed by atoms with van der Waals surface area (Å²) in [7, 11) is 0. The van der Waals surface area contributed by atoms with Crippen molar-refractivity contribution in [1.82, 2.24) is 0 Å². The Hall–Kier alpha value is -1.84. The maximum Gasteiger partial charge on any atom is 0.230 e. The third-order valence-corrected chi connectivity index (χ3v) is 5.87. The molecule has 1 aromatic carbocycles. The van der Waals surface area contributed by atoms with E-state index < -0.39 is 0 Å². The zero-order chi connectivity index (χ0) is 15.3. The second-order valence-corrected chi connectivity index (χ2v) is 7.46. The van der Waals surface area contributed by atoms with Gasteiger partial charge in [0.25, 0.3) is 0 Å². The molecule has 2 amide bonds. The molecule has 4 heteroatoms. The fraction of sp³-hybridized carbons (Fsp3) is 0.556. The molecule has 0 spiro atoms. The fourth-order valence-electron chi connectivity index (χ4n) is 5.19. The van der Waals surface area contributed by atoms with E-state index in [-0.39, 0.29) is 17.2 Å². The molecule has 5 rings (SSSR count). The van der Waals surface area contributed by atoms with E-state index in [0.717, 1.165) is 48.4 Å². The van der Waals surface area contributed by atoms with Gasteiger partial charge in [-0.05, 0) is 74.1 Å². The van der Waals surface area contributed by atoms with Gasteiger partial charge in [-0.25, -0.2) is 0 Å². The molecule has 2 N–H and O–H groups in total. The highest BCUT2D eigenvalue weighted by atomic mass is 16.2. The topological polar surface area (TPSA) is 58.2 Å². The summed E-state index contributed by atoms with van der Waals surface area (Å²) in [5, 5.41) is 5.83. The van der Waals surface area contributed by atoms with Crippen molar-refractivity contribution in [2.45, 2.75) is 39.0 Å². The summed E-state index contributed by atoms with van der Waals surface area (Å²) in [5.74, 6) is 2.49. The van der Waals surface area contributed by atoms with E-state index in [1.807, 2.05) is 24.3 Å². The maximum atomic E-state index is 12.8. The fourth-order valence-corrected chi connectivity index (χ4v) is 5.19. The average molecular weight is 298 g/mol. The lowest BCUT2D eigenvalue weighted by Crippen LogP contribution is -2.39. The van der Waals surface area contributed by atoms with Gasteiger partial charge in [0.2, 0.25) is 11.8 Å². The molecule has 4 aliphatic carbocycles. The number of hydrogen-bond acceptors (Lipinski definition) is 2. The van der Waals surface area contributed by atoms with Crippen molar-refractivity contribution in [3.8, 4) is 0 Å². The number of rotatable bonds is 3. The molecule has 0 heterocycles. The molecule has 4 saturated carbocycles. The van der Waals surface area contributed by atoms with Crippen LogP contribution >= 0.6 is 0 Å². The van der Waals surface area contributed by atoms with Crippen molar-refractivity contribution in [1.29, 1.82) is 0 Å². The highest BCUT2D eigenvalue weighted by molar-refractivity contribution is 5.96. The van der Waals surface area contributed by atoms with Gasteiger partial charge >= 0.3 is 0 Å². The lowest BCUT2D eigenvalue weighted by atomic mass is 9.69. The molecule has 0 saturated heterocycles. The quantitative estimate of drug-likeness (QED) is 0.898. The van der Waals surface area contributed by atoms with Gasteiger partial charge in [0, 0.05) is 18.3 Å². The molecule has 4 aliphatic rings. The van der Waals surface area contributed by atoms with Crippen LogP contribution in [-0.4, -0.2) is 11.8 Å². The summed E-state index contributed by atoms with van der Waals surface area (Å²) in [6.07, 6.45) is 5.96. The van der Waals surface area contributed by atoms with E-state index in [0.29, 0.717) is 0 Å². The molecule has 22 heavy (non-hydrogen) atoms. The van der Waals surface area contributed by atoms with Crippen molar-refractivity contribution in [2.24, 2.45) is 23.2 Å². The van der Waals surface area contributed by atoms with Crippen molar-refractivity contribution in [3.05, 3.63) is 24.3 Å². The molecule has 4 fully saturated rings. The molecular weight excluding hydrogens is 276 g/mol. The minimum atomic E-state index is -0.104. The standard InChI is InChI=1S/C18H22N2O2/c1-11(21)19-15-2-4-16(5-3-15)20-17(22)18-8-12-6-13(9-18)14(7-12)10-18/h2-5,12-14H,6-10H2,1H3,(H,19,21)(H,20,22). The Morgan fingerprint density at radius 1 is 0.955 bits per heavy atom. The molecule has 1 aromatic rings. The van der Waals surface area contributed by atoms with Gasteiger partial charge in [-0.3, -0.25) is 9.59 Å². The van der Waals surface area contributed by atoms with Gasteiger partial charge in [-0.15, -0.1) is 0 Å². The van der Waals surface area contributed by atoms with E-state index >= 15 is 0 Å². The Balaban J connectivity index is 1.45. The Morgan fingerprint density at radius 2 is 1.50 bits per heavy atom. The van der Waals surface area contributed by atoms with Crippen LogP contribution in [0.5, 0.6) is 0 Å². The van der Waals surface area contributed by atoms with Crippen LogP contribution in [0.15, 0.2) is 24.3 Å². The first kappa shape index (κ1) is 13.8. The van der Waals surface area contributed by atoms with Gasteiger partial charge < -0.3 is 10.6 Å². The van der Waals surface area contributed by atoms with E-state index in [9.17, 15) is 9.59 Å². The van der Waals surface area contributed by atoms with Crippen LogP contribution in [0.3, 0.4) is 0 Å². The van der Waals surface area contributed by atoms with Crippen molar-refractivity contribution < 1.29 is 9.59 Å². The van der Waals surface area contributed by atoms with Crippen LogP contribution in [0.2, 0.25) is 0 Å². The number of hydrogen-bond donors (Lipinski definition) is 2. The van der Waals surface area contributed by atoms with E-state index in [2.05, 4.69) is 10.6 Å². The second-order valence-electron chi connectivity index (χ2n) is 7.46. The summed E-state index contributed by atoms with van der Waals surface area (Å²) in [5.41, 5.74) is 1.46. The SMILES string of the molecule is CC(=O)Nc1ccc(NC(=O)C23CC4CC(C2)C(C4)C3)cc1. The van der Waals surface area contributed by atoms with Gasteiger partial charge in [0.1, 0.15) is 0 Å². The van der Waals surface area contributed by atoms with Crippen LogP contribution < -0.4 is 10.6 Å². The molecule has 0 aliphatic heterocycles. The molecular formula is C18H22N2O2. The van der Waals surface area contributed by atoms with Gasteiger partial charge in [0.15, 0.2) is 0 Å². The van der Waals surface area contributed by atoms with Crippen molar-refractivity contribution in [2.75, 3.05) is 10.6 Å². The number of benzene rings is 1. The second kappa shape index (κ2) is 4.83. The van der Waals surface area contributed by atoms with Gasteiger partial charge in [-0.1, -0.05) is 0 Å². The summed E-state index contributed by atoms with van der Waals surface area (Å²) in [6, 6.07) is 7.36. The number of nitrogens with one attached hydrogen (secondary N) is 2. The van der Waals surface area contributed by atoms with Gasteiger partial charge in [-0.2, -0.15) is 0 Å². The minimum Gasteiger partial charge on any atom is -0.326 e. The summed E-state index contributed by atoms with van der Waals surface area (Å²) >= 11 is 0. The Kier molecular flexibility index (Phi) is 3.03. The van der Waals surface area contributed by atoms with E-state index in [4.69, 9.17) is 0 Å². The van der Waals surface area contributed by atoms with Crippen LogP contribution in [0.25, 0.3) is 0 Å². The molecule has 116 valence electrons. The first-order valence-electron chi connectivity index (χ1n) is 8.23. The largest absolute Gasteiger partial charge is 0.326 e. The highest BCUT2D eigenvalue weighted by Gasteiger charge is 2.59. The Labute approximate surface area is 130 Å². The monoisotopic (exact) mass is 298 g/mol. The third-order valence-electron chi connectivity index (χ3n) is 5.87. The normalized spacial score (nSPS) is 34.7. The molecule has 2 unspecified atom stereocenters. The molecule has 0 radical (unpaired) electrons. The molecule has 4 nitrogen and oxygen atoms in total. The smallest absolute Gasteiger partial charge is 0.230 e. The lowest BCUT2D eigenvalue weighted by molar-refractivity contribution is -0.128. The average Bonchev–Trinajstić information content (AvgIpc) is 2.88. The number of anilines is 2. The van der Waals surface area contributed by atoms with Crippen LogP contribution in [0.1, 0.15) is 39.0 Å². The molecule has 2 atom stereocenters. The Bertz CT molecular complexity index is 603. The zero-order valence-electron chi connectivity index (χ0n) is 12.9. The summed E-state index contributed by atoms with van der Waals surface area (Å²) in [6.45, 7) is 1.49. The predicted molar refractivity (Wildman–Crippen MR) is 85.4 cm³/mol.